The lowest BCUT2D eigenvalue weighted by Crippen LogP contribution is -2.31. The average molecular weight is 466 g/mol. The summed E-state index contributed by atoms with van der Waals surface area (Å²) in [6.45, 7) is 1.05. The number of hydrogen-bond acceptors (Lipinski definition) is 7. The standard InChI is InChI=1S/C23H19N3O4S2/c1-28-10-9-25-22(27)20(32-23(25)31)12-16-13-26(17-5-3-2-4-6-17)24-21(16)15-7-8-18-19(11-15)30-14-29-18/h2-8,11-13H,9-10,14H2,1H3/b20-12-. The summed E-state index contributed by atoms with van der Waals surface area (Å²) in [7, 11) is 1.60. The quantitative estimate of drug-likeness (QED) is 0.401. The lowest BCUT2D eigenvalue weighted by molar-refractivity contribution is -0.122. The maximum absolute atomic E-state index is 12.9. The maximum Gasteiger partial charge on any atom is 0.266 e. The molecule has 0 radical (unpaired) electrons. The second kappa shape index (κ2) is 8.78. The number of ether oxygens (including phenoxy) is 3. The van der Waals surface area contributed by atoms with E-state index >= 15 is 0 Å². The van der Waals surface area contributed by atoms with E-state index in [1.54, 1.807) is 16.7 Å². The van der Waals surface area contributed by atoms with E-state index in [1.165, 1.54) is 11.8 Å². The van der Waals surface area contributed by atoms with Gasteiger partial charge in [0.25, 0.3) is 5.91 Å². The lowest BCUT2D eigenvalue weighted by Gasteiger charge is -2.12. The Morgan fingerprint density at radius 3 is 2.81 bits per heavy atom. The van der Waals surface area contributed by atoms with Gasteiger partial charge in [-0.15, -0.1) is 0 Å². The summed E-state index contributed by atoms with van der Waals surface area (Å²) in [5.74, 6) is 1.26. The zero-order valence-corrected chi connectivity index (χ0v) is 18.8. The summed E-state index contributed by atoms with van der Waals surface area (Å²) in [5, 5.41) is 4.82. The van der Waals surface area contributed by atoms with Gasteiger partial charge in [-0.05, 0) is 36.4 Å². The highest BCUT2D eigenvalue weighted by molar-refractivity contribution is 8.26. The van der Waals surface area contributed by atoms with E-state index in [4.69, 9.17) is 31.5 Å². The molecular weight excluding hydrogens is 446 g/mol. The average Bonchev–Trinajstić information content (AvgIpc) is 3.51. The molecule has 0 atom stereocenters. The molecule has 1 aromatic heterocycles. The van der Waals surface area contributed by atoms with Crippen LogP contribution in [-0.4, -0.2) is 52.0 Å². The van der Waals surface area contributed by atoms with Gasteiger partial charge in [0.15, 0.2) is 11.5 Å². The van der Waals surface area contributed by atoms with Crippen LogP contribution in [0, 0.1) is 0 Å². The Bertz CT molecular complexity index is 1220. The topological polar surface area (TPSA) is 65.8 Å². The molecule has 1 saturated heterocycles. The molecule has 162 valence electrons. The number of aromatic nitrogens is 2. The summed E-state index contributed by atoms with van der Waals surface area (Å²) < 4.78 is 18.4. The Morgan fingerprint density at radius 2 is 2.00 bits per heavy atom. The number of fused-ring (bicyclic) bond motifs is 1. The SMILES string of the molecule is COCCN1C(=O)/C(=C/c2cn(-c3ccccc3)nc2-c2ccc3c(c2)OCO3)SC1=S. The summed E-state index contributed by atoms with van der Waals surface area (Å²) in [4.78, 5) is 15.1. The smallest absolute Gasteiger partial charge is 0.266 e. The van der Waals surface area contributed by atoms with Crippen LogP contribution in [0.15, 0.2) is 59.6 Å². The molecule has 2 aliphatic heterocycles. The van der Waals surface area contributed by atoms with Crippen molar-refractivity contribution in [3.05, 3.63) is 65.2 Å². The Labute approximate surface area is 194 Å². The number of nitrogens with zero attached hydrogens (tertiary/aromatic N) is 3. The molecule has 32 heavy (non-hydrogen) atoms. The number of carbonyl (C=O) groups is 1. The summed E-state index contributed by atoms with van der Waals surface area (Å²) in [5.41, 5.74) is 3.32. The summed E-state index contributed by atoms with van der Waals surface area (Å²) in [6, 6.07) is 15.5. The van der Waals surface area contributed by atoms with Gasteiger partial charge in [0.2, 0.25) is 6.79 Å². The van der Waals surface area contributed by atoms with Crippen LogP contribution < -0.4 is 9.47 Å². The van der Waals surface area contributed by atoms with Gasteiger partial charge in [0, 0.05) is 24.4 Å². The molecule has 0 aliphatic carbocycles. The van der Waals surface area contributed by atoms with Gasteiger partial charge in [-0.2, -0.15) is 5.10 Å². The molecule has 0 bridgehead atoms. The number of thioether (sulfide) groups is 1. The third-order valence-corrected chi connectivity index (χ3v) is 6.47. The third kappa shape index (κ3) is 3.90. The first-order valence-corrected chi connectivity index (χ1v) is 11.2. The molecule has 0 unspecified atom stereocenters. The zero-order chi connectivity index (χ0) is 22.1. The van der Waals surface area contributed by atoms with Crippen LogP contribution in [-0.2, 0) is 9.53 Å². The second-order valence-corrected chi connectivity index (χ2v) is 8.78. The molecule has 0 saturated carbocycles. The van der Waals surface area contributed by atoms with Crippen LogP contribution in [0.3, 0.4) is 0 Å². The van der Waals surface area contributed by atoms with Gasteiger partial charge < -0.3 is 14.2 Å². The zero-order valence-electron chi connectivity index (χ0n) is 17.2. The third-order valence-electron chi connectivity index (χ3n) is 5.09. The number of para-hydroxylation sites is 1. The monoisotopic (exact) mass is 465 g/mol. The number of carbonyl (C=O) groups excluding carboxylic acids is 1. The van der Waals surface area contributed by atoms with Gasteiger partial charge in [0.1, 0.15) is 10.0 Å². The van der Waals surface area contributed by atoms with E-state index in [2.05, 4.69) is 0 Å². The number of thiocarbonyl (C=S) groups is 1. The minimum absolute atomic E-state index is 0.124. The lowest BCUT2D eigenvalue weighted by atomic mass is 10.1. The molecule has 7 nitrogen and oxygen atoms in total. The number of benzene rings is 2. The predicted molar refractivity (Wildman–Crippen MR) is 127 cm³/mol. The molecule has 2 aliphatic rings. The Kier molecular flexibility index (Phi) is 5.69. The Balaban J connectivity index is 1.57. The molecular formula is C23H19N3O4S2. The number of hydrogen-bond donors (Lipinski definition) is 0. The highest BCUT2D eigenvalue weighted by Crippen LogP contribution is 2.38. The minimum atomic E-state index is -0.124. The fraction of sp³-hybridized carbons (Fsp3) is 0.174. The van der Waals surface area contributed by atoms with Crippen molar-refractivity contribution in [2.24, 2.45) is 0 Å². The van der Waals surface area contributed by atoms with Crippen molar-refractivity contribution >= 4 is 40.3 Å². The molecule has 3 heterocycles. The summed E-state index contributed by atoms with van der Waals surface area (Å²) in [6.07, 6.45) is 3.76. The van der Waals surface area contributed by atoms with Crippen LogP contribution in [0.4, 0.5) is 0 Å². The van der Waals surface area contributed by atoms with E-state index in [9.17, 15) is 4.79 Å². The number of methoxy groups -OCH3 is 1. The van der Waals surface area contributed by atoms with E-state index in [0.717, 1.165) is 22.5 Å². The van der Waals surface area contributed by atoms with E-state index in [1.807, 2.05) is 60.8 Å². The predicted octanol–water partition coefficient (Wildman–Crippen LogP) is 4.12. The van der Waals surface area contributed by atoms with Crippen LogP contribution in [0.5, 0.6) is 11.5 Å². The van der Waals surface area contributed by atoms with E-state index in [-0.39, 0.29) is 12.7 Å². The molecule has 2 aromatic carbocycles. The highest BCUT2D eigenvalue weighted by atomic mass is 32.2. The highest BCUT2D eigenvalue weighted by Gasteiger charge is 2.32. The minimum Gasteiger partial charge on any atom is -0.454 e. The molecule has 1 fully saturated rings. The van der Waals surface area contributed by atoms with Crippen molar-refractivity contribution in [1.29, 1.82) is 0 Å². The van der Waals surface area contributed by atoms with Crippen molar-refractivity contribution in [2.75, 3.05) is 27.1 Å². The number of rotatable bonds is 6. The van der Waals surface area contributed by atoms with Gasteiger partial charge in [-0.25, -0.2) is 4.68 Å². The largest absolute Gasteiger partial charge is 0.454 e. The maximum atomic E-state index is 12.9. The van der Waals surface area contributed by atoms with Crippen molar-refractivity contribution in [3.8, 4) is 28.4 Å². The van der Waals surface area contributed by atoms with Crippen LogP contribution in [0.25, 0.3) is 23.0 Å². The van der Waals surface area contributed by atoms with Crippen LogP contribution in [0.2, 0.25) is 0 Å². The molecule has 5 rings (SSSR count). The molecule has 1 amide bonds. The molecule has 9 heteroatoms. The van der Waals surface area contributed by atoms with Gasteiger partial charge in [0.05, 0.1) is 23.7 Å². The first-order valence-electron chi connectivity index (χ1n) is 9.93. The van der Waals surface area contributed by atoms with Gasteiger partial charge >= 0.3 is 0 Å². The van der Waals surface area contributed by atoms with Crippen molar-refractivity contribution in [2.45, 2.75) is 0 Å². The fourth-order valence-electron chi connectivity index (χ4n) is 3.49. The molecule has 0 spiro atoms. The van der Waals surface area contributed by atoms with Crippen LogP contribution in [0.1, 0.15) is 5.56 Å². The van der Waals surface area contributed by atoms with Gasteiger partial charge in [-0.3, -0.25) is 9.69 Å². The first-order chi connectivity index (χ1) is 15.6. The van der Waals surface area contributed by atoms with E-state index < -0.39 is 0 Å². The fourth-order valence-corrected chi connectivity index (χ4v) is 4.79. The normalized spacial score (nSPS) is 16.4. The van der Waals surface area contributed by atoms with E-state index in [0.29, 0.717) is 33.9 Å². The summed E-state index contributed by atoms with van der Waals surface area (Å²) >= 11 is 6.69. The first kappa shape index (κ1) is 20.7. The van der Waals surface area contributed by atoms with Crippen LogP contribution >= 0.6 is 24.0 Å². The van der Waals surface area contributed by atoms with Crippen molar-refractivity contribution in [1.82, 2.24) is 14.7 Å². The second-order valence-electron chi connectivity index (χ2n) is 7.11. The Hall–Kier alpha value is -3.14. The Morgan fingerprint density at radius 1 is 1.19 bits per heavy atom. The van der Waals surface area contributed by atoms with Crippen molar-refractivity contribution < 1.29 is 19.0 Å². The van der Waals surface area contributed by atoms with Crippen molar-refractivity contribution in [3.63, 3.8) is 0 Å². The molecule has 3 aromatic rings. The van der Waals surface area contributed by atoms with Gasteiger partial charge in [-0.1, -0.05) is 42.2 Å². The molecule has 0 N–H and O–H groups in total. The number of amides is 1.